The molecule has 90 valence electrons. The number of carbonyl (C=O) groups excluding carboxylic acids is 1. The number of rotatable bonds is 3. The zero-order valence-electron chi connectivity index (χ0n) is 9.43. The van der Waals surface area contributed by atoms with Crippen LogP contribution in [-0.2, 0) is 9.59 Å². The lowest BCUT2D eigenvalue weighted by Crippen LogP contribution is -2.20. The van der Waals surface area contributed by atoms with E-state index >= 15 is 0 Å². The van der Waals surface area contributed by atoms with Gasteiger partial charge in [-0.25, -0.2) is 0 Å². The van der Waals surface area contributed by atoms with Gasteiger partial charge in [0, 0.05) is 17.1 Å². The quantitative estimate of drug-likeness (QED) is 0.700. The number of para-hydroxylation sites is 1. The van der Waals surface area contributed by atoms with Crippen molar-refractivity contribution >= 4 is 23.3 Å². The molecule has 5 heteroatoms. The Hall–Kier alpha value is -2.30. The van der Waals surface area contributed by atoms with E-state index < -0.39 is 5.97 Å². The average Bonchev–Trinajstić information content (AvgIpc) is 2.70. The van der Waals surface area contributed by atoms with Gasteiger partial charge in [0.05, 0.1) is 0 Å². The van der Waals surface area contributed by atoms with E-state index in [1.165, 1.54) is 16.5 Å². The molecule has 1 aromatic carbocycles. The maximum atomic E-state index is 9.54. The zero-order chi connectivity index (χ0) is 12.7. The van der Waals surface area contributed by atoms with Crippen LogP contribution in [0.5, 0.6) is 0 Å². The fraction of sp³-hybridized carbons (Fsp3) is 0.167. The van der Waals surface area contributed by atoms with Gasteiger partial charge < -0.3 is 15.4 Å². The number of aryl methyl sites for hydroxylation is 1. The number of amides is 1. The van der Waals surface area contributed by atoms with Crippen LogP contribution in [0, 0.1) is 6.92 Å². The Labute approximate surface area is 98.5 Å². The summed E-state index contributed by atoms with van der Waals surface area (Å²) in [5.74, 6) is -1.04. The summed E-state index contributed by atoms with van der Waals surface area (Å²) < 4.78 is 0. The second kappa shape index (κ2) is 6.32. The number of hydrogen-bond donors (Lipinski definition) is 3. The highest BCUT2D eigenvalue weighted by Crippen LogP contribution is 2.15. The summed E-state index contributed by atoms with van der Waals surface area (Å²) in [5, 5.41) is 11.1. The Morgan fingerprint density at radius 1 is 1.47 bits per heavy atom. The number of carboxylic acids is 1. The minimum atomic E-state index is -1.04. The Morgan fingerprint density at radius 2 is 2.18 bits per heavy atom. The molecular weight excluding hydrogens is 220 g/mol. The summed E-state index contributed by atoms with van der Waals surface area (Å²) in [4.78, 5) is 22.1. The van der Waals surface area contributed by atoms with Crippen LogP contribution in [0.1, 0.15) is 5.56 Å². The van der Waals surface area contributed by atoms with Crippen LogP contribution < -0.4 is 5.32 Å². The Bertz CT molecular complexity index is 505. The maximum Gasteiger partial charge on any atom is 0.322 e. The predicted octanol–water partition coefficient (Wildman–Crippen LogP) is 1.29. The van der Waals surface area contributed by atoms with Crippen LogP contribution in [0.4, 0.5) is 0 Å². The lowest BCUT2D eigenvalue weighted by molar-refractivity contribution is -0.136. The van der Waals surface area contributed by atoms with E-state index in [-0.39, 0.29) is 6.54 Å². The molecule has 2 rings (SSSR count). The summed E-state index contributed by atoms with van der Waals surface area (Å²) in [5.41, 5.74) is 2.54. The number of aromatic nitrogens is 1. The number of fused-ring (bicyclic) bond motifs is 1. The molecular formula is C12H14N2O3. The monoisotopic (exact) mass is 234 g/mol. The van der Waals surface area contributed by atoms with Gasteiger partial charge in [0.25, 0.3) is 0 Å². The minimum Gasteiger partial charge on any atom is -0.480 e. The fourth-order valence-electron chi connectivity index (χ4n) is 1.35. The van der Waals surface area contributed by atoms with Gasteiger partial charge in [0.2, 0.25) is 6.41 Å². The van der Waals surface area contributed by atoms with Crippen molar-refractivity contribution in [2.24, 2.45) is 0 Å². The first-order valence-corrected chi connectivity index (χ1v) is 5.06. The second-order valence-corrected chi connectivity index (χ2v) is 3.41. The van der Waals surface area contributed by atoms with Crippen molar-refractivity contribution in [3.05, 3.63) is 36.0 Å². The van der Waals surface area contributed by atoms with Crippen LogP contribution >= 0.6 is 0 Å². The molecule has 3 N–H and O–H groups in total. The molecule has 1 aromatic heterocycles. The average molecular weight is 234 g/mol. The summed E-state index contributed by atoms with van der Waals surface area (Å²) in [7, 11) is 0. The number of hydrogen-bond acceptors (Lipinski definition) is 2. The molecule has 1 amide bonds. The summed E-state index contributed by atoms with van der Waals surface area (Å²) in [6, 6.07) is 8.31. The fourth-order valence-corrected chi connectivity index (χ4v) is 1.35. The first-order valence-electron chi connectivity index (χ1n) is 5.06. The first kappa shape index (κ1) is 12.8. The highest BCUT2D eigenvalue weighted by molar-refractivity contribution is 5.82. The molecule has 2 aromatic rings. The van der Waals surface area contributed by atoms with E-state index in [1.54, 1.807) is 0 Å². The third-order valence-electron chi connectivity index (χ3n) is 2.13. The summed E-state index contributed by atoms with van der Waals surface area (Å²) in [6.45, 7) is 1.81. The molecule has 0 aliphatic rings. The van der Waals surface area contributed by atoms with Crippen LogP contribution in [0.15, 0.2) is 30.5 Å². The molecule has 0 fully saturated rings. The highest BCUT2D eigenvalue weighted by atomic mass is 16.4. The third kappa shape index (κ3) is 3.98. The van der Waals surface area contributed by atoms with Gasteiger partial charge in [0.15, 0.2) is 0 Å². The van der Waals surface area contributed by atoms with Crippen molar-refractivity contribution in [1.29, 1.82) is 0 Å². The van der Waals surface area contributed by atoms with Gasteiger partial charge in [-0.05, 0) is 18.6 Å². The number of H-pyrrole nitrogens is 1. The SMILES string of the molecule is Cc1c[nH]c2ccccc12.O=CNCC(=O)O. The maximum absolute atomic E-state index is 9.54. The number of aliphatic carboxylic acids is 1. The predicted molar refractivity (Wildman–Crippen MR) is 64.7 cm³/mol. The van der Waals surface area contributed by atoms with E-state index in [0.29, 0.717) is 6.41 Å². The molecule has 0 unspecified atom stereocenters. The second-order valence-electron chi connectivity index (χ2n) is 3.41. The van der Waals surface area contributed by atoms with Crippen LogP contribution in [0.3, 0.4) is 0 Å². The number of benzene rings is 1. The number of carboxylic acid groups (broad SMARTS) is 1. The van der Waals surface area contributed by atoms with Gasteiger partial charge in [0.1, 0.15) is 6.54 Å². The van der Waals surface area contributed by atoms with Crippen LogP contribution in [0.2, 0.25) is 0 Å². The molecule has 5 nitrogen and oxygen atoms in total. The molecule has 0 spiro atoms. The summed E-state index contributed by atoms with van der Waals surface area (Å²) >= 11 is 0. The van der Waals surface area contributed by atoms with E-state index in [2.05, 4.69) is 30.1 Å². The molecule has 0 atom stereocenters. The molecule has 0 aliphatic carbocycles. The molecule has 0 radical (unpaired) electrons. The third-order valence-corrected chi connectivity index (χ3v) is 2.13. The molecule has 0 saturated heterocycles. The Kier molecular flexibility index (Phi) is 4.75. The first-order chi connectivity index (χ1) is 8.15. The van der Waals surface area contributed by atoms with Crippen molar-refractivity contribution in [3.8, 4) is 0 Å². The topological polar surface area (TPSA) is 82.2 Å². The Balaban J connectivity index is 0.000000185. The molecule has 1 heterocycles. The van der Waals surface area contributed by atoms with Gasteiger partial charge >= 0.3 is 5.97 Å². The van der Waals surface area contributed by atoms with Gasteiger partial charge in [-0.2, -0.15) is 0 Å². The molecule has 0 bridgehead atoms. The van der Waals surface area contributed by atoms with E-state index in [9.17, 15) is 9.59 Å². The van der Waals surface area contributed by atoms with Crippen molar-refractivity contribution < 1.29 is 14.7 Å². The normalized spacial score (nSPS) is 9.24. The molecule has 0 aliphatic heterocycles. The van der Waals surface area contributed by atoms with Crippen LogP contribution in [-0.4, -0.2) is 29.0 Å². The number of nitrogens with one attached hydrogen (secondary N) is 2. The van der Waals surface area contributed by atoms with E-state index in [0.717, 1.165) is 0 Å². The smallest absolute Gasteiger partial charge is 0.322 e. The lowest BCUT2D eigenvalue weighted by atomic mass is 10.2. The van der Waals surface area contributed by atoms with Crippen molar-refractivity contribution in [1.82, 2.24) is 10.3 Å². The lowest BCUT2D eigenvalue weighted by Gasteiger charge is -1.86. The minimum absolute atomic E-state index is 0.302. The van der Waals surface area contributed by atoms with Crippen molar-refractivity contribution in [3.63, 3.8) is 0 Å². The van der Waals surface area contributed by atoms with E-state index in [4.69, 9.17) is 5.11 Å². The standard InChI is InChI=1S/C9H9N.C3H5NO3/c1-7-6-10-9-5-3-2-4-8(7)9;5-2-4-1-3(6)7/h2-6,10H,1H3;2H,1H2,(H,4,5)(H,6,7). The van der Waals surface area contributed by atoms with Crippen molar-refractivity contribution in [2.75, 3.05) is 6.54 Å². The Morgan fingerprint density at radius 3 is 2.71 bits per heavy atom. The van der Waals surface area contributed by atoms with Gasteiger partial charge in [-0.3, -0.25) is 9.59 Å². The van der Waals surface area contributed by atoms with Crippen molar-refractivity contribution in [2.45, 2.75) is 6.92 Å². The summed E-state index contributed by atoms with van der Waals surface area (Å²) in [6.07, 6.45) is 2.37. The van der Waals surface area contributed by atoms with Gasteiger partial charge in [-0.1, -0.05) is 18.2 Å². The van der Waals surface area contributed by atoms with Gasteiger partial charge in [-0.15, -0.1) is 0 Å². The number of aromatic amines is 1. The zero-order valence-corrected chi connectivity index (χ0v) is 9.43. The van der Waals surface area contributed by atoms with Crippen LogP contribution in [0.25, 0.3) is 10.9 Å². The highest BCUT2D eigenvalue weighted by Gasteiger charge is 1.94. The largest absolute Gasteiger partial charge is 0.480 e. The molecule has 0 saturated carbocycles. The number of carbonyl (C=O) groups is 2. The van der Waals surface area contributed by atoms with E-state index in [1.807, 2.05) is 17.6 Å². The molecule has 17 heavy (non-hydrogen) atoms.